The van der Waals surface area contributed by atoms with Crippen LogP contribution in [0.5, 0.6) is 0 Å². The number of carbonyl (C=O) groups is 11. The minimum atomic E-state index is -1.42. The molecule has 494 valence electrons. The van der Waals surface area contributed by atoms with Gasteiger partial charge in [-0.25, -0.2) is 4.99 Å². The molecule has 92 heavy (non-hydrogen) atoms. The number of aliphatic imine (C=N–C) groups is 2. The number of anilines is 3. The first-order chi connectivity index (χ1) is 43.2. The average molecular weight is 1310 g/mol. The summed E-state index contributed by atoms with van der Waals surface area (Å²) in [5.74, 6) is -3.10. The molecule has 0 spiro atoms. The fourth-order valence-corrected chi connectivity index (χ4v) is 9.25. The third-order valence-corrected chi connectivity index (χ3v) is 14.1. The highest BCUT2D eigenvalue weighted by Crippen LogP contribution is 2.41. The van der Waals surface area contributed by atoms with Gasteiger partial charge in [-0.2, -0.15) is 0 Å². The number of aryl methyl sites for hydroxylation is 3. The van der Waals surface area contributed by atoms with Crippen LogP contribution in [0, 0.1) is 0 Å². The van der Waals surface area contributed by atoms with Crippen molar-refractivity contribution in [3.63, 3.8) is 0 Å². The number of hydrogen-bond donors (Lipinski definition) is 6. The van der Waals surface area contributed by atoms with E-state index in [9.17, 15) is 52.7 Å². The second kappa shape index (κ2) is 38.2. The fourth-order valence-electron chi connectivity index (χ4n) is 9.06. The molecule has 4 heterocycles. The number of ketones is 7. The molecule has 10 N–H and O–H groups in total. The number of nitrogens with one attached hydrogen (secondary N) is 2. The molecule has 3 aromatic carbocycles. The van der Waals surface area contributed by atoms with Crippen LogP contribution in [0.2, 0.25) is 0 Å². The number of amides is 3. The molecule has 0 fully saturated rings. The molecule has 25 heteroatoms. The topological polar surface area (TPSA) is 359 Å². The van der Waals surface area contributed by atoms with Gasteiger partial charge in [0.1, 0.15) is 0 Å². The van der Waals surface area contributed by atoms with Gasteiger partial charge >= 0.3 is 0 Å². The Morgan fingerprint density at radius 1 is 0.522 bits per heavy atom. The normalized spacial score (nSPS) is 12.6. The number of aromatic nitrogens is 3. The van der Waals surface area contributed by atoms with Gasteiger partial charge in [-0.05, 0) is 112 Å². The van der Waals surface area contributed by atoms with Crippen LogP contribution < -0.4 is 33.6 Å². The van der Waals surface area contributed by atoms with Crippen LogP contribution in [0.3, 0.4) is 0 Å². The highest BCUT2D eigenvalue weighted by molar-refractivity contribution is 6.63. The van der Waals surface area contributed by atoms with Crippen molar-refractivity contribution in [2.45, 2.75) is 145 Å². The Labute approximate surface area is 548 Å². The molecule has 1 aliphatic rings. The van der Waals surface area contributed by atoms with E-state index in [-0.39, 0.29) is 86.9 Å². The number of likely N-dealkylation sites (N-methyl/N-ethyl adjacent to an activating group) is 1. The van der Waals surface area contributed by atoms with Crippen LogP contribution in [0.25, 0.3) is 0 Å². The van der Waals surface area contributed by atoms with E-state index in [1.807, 2.05) is 46.1 Å². The van der Waals surface area contributed by atoms with Crippen molar-refractivity contribution in [2.75, 3.05) is 30.5 Å². The number of nitrogen functional groups attached to an aromatic ring is 1. The van der Waals surface area contributed by atoms with Gasteiger partial charge in [0.15, 0.2) is 34.8 Å². The summed E-state index contributed by atoms with van der Waals surface area (Å²) < 4.78 is 5.19. The van der Waals surface area contributed by atoms with Gasteiger partial charge in [0.2, 0.25) is 40.2 Å². The summed E-state index contributed by atoms with van der Waals surface area (Å²) in [4.78, 5) is 143. The Hall–Kier alpha value is -9.61. The summed E-state index contributed by atoms with van der Waals surface area (Å²) in [6.07, 6.45) is 9.50. The zero-order valence-electron chi connectivity index (χ0n) is 54.1. The highest BCUT2D eigenvalue weighted by Gasteiger charge is 2.50. The molecule has 1 atom stereocenters. The fraction of sp³-hybridized carbons (Fsp3) is 0.358. The Balaban J connectivity index is 0.000000435. The van der Waals surface area contributed by atoms with Crippen LogP contribution in [0.1, 0.15) is 204 Å². The molecule has 6 aromatic rings. The molecule has 0 aliphatic carbocycles. The summed E-state index contributed by atoms with van der Waals surface area (Å²) >= 11 is 4.94. The van der Waals surface area contributed by atoms with E-state index in [4.69, 9.17) is 34.5 Å². The molecule has 0 radical (unpaired) electrons. The summed E-state index contributed by atoms with van der Waals surface area (Å²) in [5, 5.41) is 5.34. The number of benzene rings is 3. The van der Waals surface area contributed by atoms with Crippen molar-refractivity contribution >= 4 is 116 Å². The zero-order valence-corrected chi connectivity index (χ0v) is 55.7. The van der Waals surface area contributed by atoms with Gasteiger partial charge in [-0.3, -0.25) is 62.6 Å². The lowest BCUT2D eigenvalue weighted by molar-refractivity contribution is -0.129. The second-order valence-corrected chi connectivity index (χ2v) is 20.9. The smallest absolute Gasteiger partial charge is 0.266 e. The molecule has 1 aliphatic heterocycles. The van der Waals surface area contributed by atoms with Crippen LogP contribution in [-0.4, -0.2) is 108 Å². The van der Waals surface area contributed by atoms with Crippen molar-refractivity contribution in [2.24, 2.45) is 27.2 Å². The maximum atomic E-state index is 13.5. The van der Waals surface area contributed by atoms with Crippen molar-refractivity contribution in [3.8, 4) is 0 Å². The molecule has 3 amide bonds. The first kappa shape index (κ1) is 78.5. The largest absolute Gasteiger partial charge is 0.399 e. The van der Waals surface area contributed by atoms with Crippen molar-refractivity contribution in [3.05, 3.63) is 160 Å². The second-order valence-electron chi connectivity index (χ2n) is 20.5. The van der Waals surface area contributed by atoms with E-state index in [1.54, 1.807) is 110 Å². The molecular weight excluding hydrogens is 1220 g/mol. The van der Waals surface area contributed by atoms with Gasteiger partial charge in [0, 0.05) is 136 Å². The maximum Gasteiger partial charge on any atom is 0.266 e. The lowest BCUT2D eigenvalue weighted by atomic mass is 9.83. The van der Waals surface area contributed by atoms with Gasteiger partial charge in [0.05, 0.1) is 17.1 Å². The van der Waals surface area contributed by atoms with Gasteiger partial charge in [-0.1, -0.05) is 77.9 Å². The van der Waals surface area contributed by atoms with E-state index in [1.165, 1.54) is 48.5 Å². The SMILES string of the molecule is CCC(=O)c1cc(C(=O)C(=O)c2cccc(N)c2)cn1CC.CCCC(=O)Cl.CCCC(=O)Nc1cccc(C(=O)C(=O)c2cc(C(=O)CC)n(CC)c2)c1.CCCC(=O)Nc1cccc(C2(c3cc(C(=O)CC)n(CC)c3)N=C(N)N(C)C2=O)c1.CN=C(N)N.Cl. The van der Waals surface area contributed by atoms with Crippen molar-refractivity contribution in [1.82, 2.24) is 18.6 Å². The van der Waals surface area contributed by atoms with Crippen LogP contribution >= 0.6 is 24.0 Å². The van der Waals surface area contributed by atoms with Gasteiger partial charge < -0.3 is 47.3 Å². The third-order valence-electron chi connectivity index (χ3n) is 13.9. The summed E-state index contributed by atoms with van der Waals surface area (Å²) in [6, 6.07) is 24.3. The molecule has 1 unspecified atom stereocenters. The molecule has 0 saturated carbocycles. The average Bonchev–Trinajstić information content (AvgIpc) is 1.56. The van der Waals surface area contributed by atoms with E-state index in [2.05, 4.69) is 20.6 Å². The number of nitrogens with zero attached hydrogens (tertiary/aromatic N) is 6. The van der Waals surface area contributed by atoms with E-state index < -0.39 is 28.7 Å². The first-order valence-electron chi connectivity index (χ1n) is 30.0. The Morgan fingerprint density at radius 2 is 0.913 bits per heavy atom. The molecule has 0 saturated heterocycles. The molecule has 3 aromatic heterocycles. The van der Waals surface area contributed by atoms with Crippen molar-refractivity contribution in [1.29, 1.82) is 0 Å². The number of carbonyl (C=O) groups excluding carboxylic acids is 11. The molecular formula is C67H86Cl2N12O11. The van der Waals surface area contributed by atoms with E-state index in [0.29, 0.717) is 103 Å². The number of hydrogen-bond acceptors (Lipinski definition) is 15. The summed E-state index contributed by atoms with van der Waals surface area (Å²) in [7, 11) is 3.11. The minimum absolute atomic E-state index is 0. The number of nitrogens with two attached hydrogens (primary N) is 4. The lowest BCUT2D eigenvalue weighted by Crippen LogP contribution is -2.41. The monoisotopic (exact) mass is 1300 g/mol. The Kier molecular flexibility index (Phi) is 32.6. The van der Waals surface area contributed by atoms with Crippen LogP contribution in [-0.2, 0) is 44.4 Å². The highest BCUT2D eigenvalue weighted by atomic mass is 35.5. The van der Waals surface area contributed by atoms with Crippen LogP contribution in [0.15, 0.2) is 120 Å². The maximum absolute atomic E-state index is 13.5. The number of guanidine groups is 2. The summed E-state index contributed by atoms with van der Waals surface area (Å²) in [5.41, 5.74) is 24.8. The standard InChI is InChI=1S/C23H29N5O3.C21H24N2O4.C17H18N2O3.C4H7ClO.C2H7N3.ClH/c1-5-9-20(30)25-17-11-8-10-15(12-17)23(21(31)27(4)22(24)26-23)16-13-18(19(29)6-2)28(7-3)14-16;1-4-8-19(25)22-16-10-7-9-14(11-16)20(26)21(27)15-12-17(18(24)5-2)23(6-3)13-15;1-3-15(20)14-9-12(10-19(14)4-2)17(22)16(21)11-6-5-7-13(18)8-11;1-2-3-4(5)6;1-5-2(3)4;/h8,10-14H,5-7,9H2,1-4H3,(H2,24,26)(H,25,30);7,9-13H,4-6,8H2,1-3H3,(H,22,25);5-10H,3-4,18H2,1-2H3;2-3H2,1H3;1H3,(H4,3,4,5);1H. The quantitative estimate of drug-likeness (QED) is 0.00775. The van der Waals surface area contributed by atoms with Gasteiger partial charge in [0.25, 0.3) is 5.91 Å². The minimum Gasteiger partial charge on any atom is -0.399 e. The number of Topliss-reactive ketones (excluding diaryl/α,β-unsaturated/α-hetero) is 7. The number of halogens is 2. The van der Waals surface area contributed by atoms with Crippen molar-refractivity contribution < 1.29 is 52.7 Å². The number of rotatable bonds is 25. The predicted octanol–water partition coefficient (Wildman–Crippen LogP) is 10.4. The molecule has 0 bridgehead atoms. The van der Waals surface area contributed by atoms with E-state index >= 15 is 0 Å². The predicted molar refractivity (Wildman–Crippen MR) is 362 cm³/mol. The Morgan fingerprint density at radius 3 is 1.28 bits per heavy atom. The van der Waals surface area contributed by atoms with E-state index in [0.717, 1.165) is 19.3 Å². The summed E-state index contributed by atoms with van der Waals surface area (Å²) in [6.45, 7) is 18.4. The molecule has 23 nitrogen and oxygen atoms in total. The zero-order chi connectivity index (χ0) is 68.3. The Bertz CT molecular complexity index is 3690. The van der Waals surface area contributed by atoms with Crippen LogP contribution in [0.4, 0.5) is 17.1 Å². The lowest BCUT2D eigenvalue weighted by Gasteiger charge is -2.25. The first-order valence-corrected chi connectivity index (χ1v) is 30.4. The third kappa shape index (κ3) is 21.3. The van der Waals surface area contributed by atoms with Gasteiger partial charge in [-0.15, -0.1) is 12.4 Å². The molecule has 7 rings (SSSR count).